The van der Waals surface area contributed by atoms with Crippen molar-refractivity contribution in [3.05, 3.63) is 66.2 Å². The SMILES string of the molecule is CCN(C(=O)NC(C)c1ccccc1)c1ccccc1. The van der Waals surface area contributed by atoms with Crippen LogP contribution in [0.25, 0.3) is 0 Å². The summed E-state index contributed by atoms with van der Waals surface area (Å²) in [6.45, 7) is 4.60. The van der Waals surface area contributed by atoms with Gasteiger partial charge in [-0.15, -0.1) is 0 Å². The first-order valence-corrected chi connectivity index (χ1v) is 6.90. The van der Waals surface area contributed by atoms with Gasteiger partial charge < -0.3 is 5.32 Å². The maximum Gasteiger partial charge on any atom is 0.322 e. The summed E-state index contributed by atoms with van der Waals surface area (Å²) in [5.41, 5.74) is 2.01. The van der Waals surface area contributed by atoms with Crippen LogP contribution in [0, 0.1) is 0 Å². The molecule has 0 aliphatic rings. The molecule has 1 unspecified atom stereocenters. The van der Waals surface area contributed by atoms with Gasteiger partial charge in [-0.05, 0) is 31.5 Å². The van der Waals surface area contributed by atoms with Gasteiger partial charge in [-0.25, -0.2) is 4.79 Å². The van der Waals surface area contributed by atoms with Crippen LogP contribution in [0.15, 0.2) is 60.7 Å². The molecule has 0 aliphatic heterocycles. The third-order valence-corrected chi connectivity index (χ3v) is 3.27. The highest BCUT2D eigenvalue weighted by Gasteiger charge is 2.16. The minimum atomic E-state index is -0.0740. The Morgan fingerprint density at radius 2 is 1.60 bits per heavy atom. The topological polar surface area (TPSA) is 32.3 Å². The highest BCUT2D eigenvalue weighted by molar-refractivity contribution is 5.92. The van der Waals surface area contributed by atoms with Crippen molar-refractivity contribution in [2.45, 2.75) is 19.9 Å². The molecule has 0 bridgehead atoms. The van der Waals surface area contributed by atoms with Crippen molar-refractivity contribution in [2.75, 3.05) is 11.4 Å². The van der Waals surface area contributed by atoms with Gasteiger partial charge >= 0.3 is 6.03 Å². The number of benzene rings is 2. The fourth-order valence-corrected chi connectivity index (χ4v) is 2.14. The standard InChI is InChI=1S/C17H20N2O/c1-3-19(16-12-8-5-9-13-16)17(20)18-14(2)15-10-6-4-7-11-15/h4-14H,3H2,1-2H3,(H,18,20). The van der Waals surface area contributed by atoms with Gasteiger partial charge in [0.2, 0.25) is 0 Å². The van der Waals surface area contributed by atoms with Crippen molar-refractivity contribution in [3.63, 3.8) is 0 Å². The highest BCUT2D eigenvalue weighted by atomic mass is 16.2. The van der Waals surface area contributed by atoms with Crippen LogP contribution in [-0.4, -0.2) is 12.6 Å². The third-order valence-electron chi connectivity index (χ3n) is 3.27. The Morgan fingerprint density at radius 3 is 2.15 bits per heavy atom. The first-order valence-electron chi connectivity index (χ1n) is 6.90. The quantitative estimate of drug-likeness (QED) is 0.893. The van der Waals surface area contributed by atoms with E-state index < -0.39 is 0 Å². The first-order chi connectivity index (χ1) is 9.72. The van der Waals surface area contributed by atoms with Crippen molar-refractivity contribution in [1.29, 1.82) is 0 Å². The third kappa shape index (κ3) is 3.38. The summed E-state index contributed by atoms with van der Waals surface area (Å²) in [5, 5.41) is 3.03. The number of nitrogens with zero attached hydrogens (tertiary/aromatic N) is 1. The Kier molecular flexibility index (Phi) is 4.77. The number of para-hydroxylation sites is 1. The Morgan fingerprint density at radius 1 is 1.05 bits per heavy atom. The van der Waals surface area contributed by atoms with Crippen molar-refractivity contribution < 1.29 is 4.79 Å². The van der Waals surface area contributed by atoms with Crippen LogP contribution in [0.5, 0.6) is 0 Å². The second kappa shape index (κ2) is 6.75. The Bertz CT molecular complexity index is 539. The van der Waals surface area contributed by atoms with Crippen LogP contribution >= 0.6 is 0 Å². The minimum absolute atomic E-state index is 0.0125. The van der Waals surface area contributed by atoms with Gasteiger partial charge in [0, 0.05) is 12.2 Å². The van der Waals surface area contributed by atoms with E-state index in [1.54, 1.807) is 4.90 Å². The molecule has 104 valence electrons. The van der Waals surface area contributed by atoms with Gasteiger partial charge in [-0.2, -0.15) is 0 Å². The van der Waals surface area contributed by atoms with Gasteiger partial charge in [0.15, 0.2) is 0 Å². The molecule has 2 aromatic rings. The number of amides is 2. The van der Waals surface area contributed by atoms with E-state index in [1.165, 1.54) is 0 Å². The van der Waals surface area contributed by atoms with Crippen molar-refractivity contribution >= 4 is 11.7 Å². The van der Waals surface area contributed by atoms with Crippen molar-refractivity contribution in [1.82, 2.24) is 5.32 Å². The molecular formula is C17H20N2O. The van der Waals surface area contributed by atoms with E-state index in [1.807, 2.05) is 74.5 Å². The molecule has 0 aromatic heterocycles. The monoisotopic (exact) mass is 268 g/mol. The van der Waals surface area contributed by atoms with Crippen LogP contribution < -0.4 is 10.2 Å². The zero-order valence-corrected chi connectivity index (χ0v) is 11.9. The molecule has 0 fully saturated rings. The molecule has 3 heteroatoms. The van der Waals surface area contributed by atoms with E-state index in [-0.39, 0.29) is 12.1 Å². The Balaban J connectivity index is 2.07. The number of urea groups is 1. The maximum atomic E-state index is 12.4. The molecule has 1 atom stereocenters. The average molecular weight is 268 g/mol. The van der Waals surface area contributed by atoms with E-state index in [0.717, 1.165) is 11.3 Å². The van der Waals surface area contributed by atoms with Crippen molar-refractivity contribution in [3.8, 4) is 0 Å². The van der Waals surface area contributed by atoms with Crippen LogP contribution in [-0.2, 0) is 0 Å². The summed E-state index contributed by atoms with van der Waals surface area (Å²) in [4.78, 5) is 14.1. The molecule has 0 saturated heterocycles. The van der Waals surface area contributed by atoms with E-state index in [4.69, 9.17) is 0 Å². The minimum Gasteiger partial charge on any atom is -0.331 e. The number of hydrogen-bond acceptors (Lipinski definition) is 1. The molecule has 0 aliphatic carbocycles. The van der Waals surface area contributed by atoms with Gasteiger partial charge in [0.05, 0.1) is 6.04 Å². The molecule has 2 aromatic carbocycles. The summed E-state index contributed by atoms with van der Waals surface area (Å²) >= 11 is 0. The number of nitrogens with one attached hydrogen (secondary N) is 1. The van der Waals surface area contributed by atoms with Crippen LogP contribution in [0.2, 0.25) is 0 Å². The predicted octanol–water partition coefficient (Wildman–Crippen LogP) is 3.98. The predicted molar refractivity (Wildman–Crippen MR) is 82.9 cm³/mol. The fraction of sp³-hybridized carbons (Fsp3) is 0.235. The smallest absolute Gasteiger partial charge is 0.322 e. The zero-order valence-electron chi connectivity index (χ0n) is 11.9. The number of rotatable bonds is 4. The molecular weight excluding hydrogens is 248 g/mol. The number of hydrogen-bond donors (Lipinski definition) is 1. The molecule has 0 saturated carbocycles. The number of anilines is 1. The lowest BCUT2D eigenvalue weighted by atomic mass is 10.1. The van der Waals surface area contributed by atoms with E-state index in [9.17, 15) is 4.79 Å². The number of carbonyl (C=O) groups excluding carboxylic acids is 1. The molecule has 2 rings (SSSR count). The Labute approximate surface area is 120 Å². The Hall–Kier alpha value is -2.29. The molecule has 3 nitrogen and oxygen atoms in total. The molecule has 0 heterocycles. The second-order valence-corrected chi connectivity index (χ2v) is 4.66. The molecule has 20 heavy (non-hydrogen) atoms. The molecule has 0 spiro atoms. The second-order valence-electron chi connectivity index (χ2n) is 4.66. The van der Waals surface area contributed by atoms with Crippen LogP contribution in [0.3, 0.4) is 0 Å². The van der Waals surface area contributed by atoms with E-state index in [0.29, 0.717) is 6.54 Å². The van der Waals surface area contributed by atoms with E-state index in [2.05, 4.69) is 5.32 Å². The lowest BCUT2D eigenvalue weighted by molar-refractivity contribution is 0.243. The lowest BCUT2D eigenvalue weighted by Gasteiger charge is -2.24. The summed E-state index contributed by atoms with van der Waals surface area (Å²) < 4.78 is 0. The first kappa shape index (κ1) is 14.1. The van der Waals surface area contributed by atoms with Gasteiger partial charge in [0.1, 0.15) is 0 Å². The fourth-order valence-electron chi connectivity index (χ4n) is 2.14. The maximum absolute atomic E-state index is 12.4. The largest absolute Gasteiger partial charge is 0.331 e. The van der Waals surface area contributed by atoms with Crippen molar-refractivity contribution in [2.24, 2.45) is 0 Å². The van der Waals surface area contributed by atoms with Gasteiger partial charge in [-0.1, -0.05) is 48.5 Å². The molecule has 1 N–H and O–H groups in total. The average Bonchev–Trinajstić information content (AvgIpc) is 2.50. The lowest BCUT2D eigenvalue weighted by Crippen LogP contribution is -2.41. The highest BCUT2D eigenvalue weighted by Crippen LogP contribution is 2.16. The van der Waals surface area contributed by atoms with Crippen LogP contribution in [0.1, 0.15) is 25.5 Å². The normalized spacial score (nSPS) is 11.7. The van der Waals surface area contributed by atoms with Gasteiger partial charge in [-0.3, -0.25) is 4.90 Å². The summed E-state index contributed by atoms with van der Waals surface area (Å²) in [5.74, 6) is 0. The molecule has 0 radical (unpaired) electrons. The van der Waals surface area contributed by atoms with Gasteiger partial charge in [0.25, 0.3) is 0 Å². The van der Waals surface area contributed by atoms with E-state index >= 15 is 0 Å². The number of carbonyl (C=O) groups is 1. The zero-order chi connectivity index (χ0) is 14.4. The summed E-state index contributed by atoms with van der Waals surface area (Å²) in [7, 11) is 0. The van der Waals surface area contributed by atoms with Crippen LogP contribution in [0.4, 0.5) is 10.5 Å². The molecule has 2 amide bonds. The summed E-state index contributed by atoms with van der Waals surface area (Å²) in [6.07, 6.45) is 0. The summed E-state index contributed by atoms with van der Waals surface area (Å²) in [6, 6.07) is 19.6.